The SMILES string of the molecule is C[C@H](Nc1cc(-c2nc(N3C[C@@H]4C[C@H]3CN4C(=O)OC(C)(C)C)c3ccccc3n2)ccn1)c1ccccc1. The van der Waals surface area contributed by atoms with Crippen molar-refractivity contribution >= 4 is 28.6 Å². The molecule has 0 spiro atoms. The Morgan fingerprint density at radius 3 is 2.51 bits per heavy atom. The maximum absolute atomic E-state index is 12.8. The third-order valence-corrected chi connectivity index (χ3v) is 7.41. The van der Waals surface area contributed by atoms with E-state index in [0.29, 0.717) is 12.4 Å². The van der Waals surface area contributed by atoms with Crippen LogP contribution in [0, 0.1) is 0 Å². The fraction of sp³-hybridized carbons (Fsp3) is 0.355. The summed E-state index contributed by atoms with van der Waals surface area (Å²) in [5, 5.41) is 4.52. The van der Waals surface area contributed by atoms with E-state index in [-0.39, 0.29) is 24.2 Å². The van der Waals surface area contributed by atoms with Crippen molar-refractivity contribution in [3.63, 3.8) is 0 Å². The molecule has 8 nitrogen and oxygen atoms in total. The number of carbonyl (C=O) groups excluding carboxylic acids is 1. The van der Waals surface area contributed by atoms with Gasteiger partial charge in [-0.25, -0.2) is 19.7 Å². The van der Waals surface area contributed by atoms with E-state index in [1.807, 2.05) is 74.2 Å². The second-order valence-electron chi connectivity index (χ2n) is 11.4. The molecule has 2 fully saturated rings. The number of ether oxygens (including phenoxy) is 1. The fourth-order valence-electron chi connectivity index (χ4n) is 5.57. The Morgan fingerprint density at radius 2 is 1.77 bits per heavy atom. The molecule has 2 saturated heterocycles. The summed E-state index contributed by atoms with van der Waals surface area (Å²) < 4.78 is 5.66. The predicted molar refractivity (Wildman–Crippen MR) is 154 cm³/mol. The third-order valence-electron chi connectivity index (χ3n) is 7.41. The van der Waals surface area contributed by atoms with Crippen LogP contribution in [0.5, 0.6) is 0 Å². The zero-order valence-corrected chi connectivity index (χ0v) is 22.8. The van der Waals surface area contributed by atoms with E-state index in [1.54, 1.807) is 6.20 Å². The first kappa shape index (κ1) is 25.1. The van der Waals surface area contributed by atoms with E-state index in [0.717, 1.165) is 41.1 Å². The summed E-state index contributed by atoms with van der Waals surface area (Å²) in [5.74, 6) is 2.35. The van der Waals surface area contributed by atoms with Gasteiger partial charge in [0.25, 0.3) is 0 Å². The van der Waals surface area contributed by atoms with E-state index in [4.69, 9.17) is 14.7 Å². The van der Waals surface area contributed by atoms with Gasteiger partial charge in [-0.1, -0.05) is 42.5 Å². The molecule has 4 heterocycles. The number of rotatable bonds is 5. The summed E-state index contributed by atoms with van der Waals surface area (Å²) >= 11 is 0. The van der Waals surface area contributed by atoms with Crippen LogP contribution >= 0.6 is 0 Å². The molecule has 1 N–H and O–H groups in total. The van der Waals surface area contributed by atoms with Crippen molar-refractivity contribution in [3.05, 3.63) is 78.5 Å². The lowest BCUT2D eigenvalue weighted by molar-refractivity contribution is 0.0214. The molecular weight excluding hydrogens is 488 g/mol. The summed E-state index contributed by atoms with van der Waals surface area (Å²) in [5.41, 5.74) is 2.49. The molecule has 0 saturated carbocycles. The summed E-state index contributed by atoms with van der Waals surface area (Å²) in [6.07, 6.45) is 2.47. The van der Waals surface area contributed by atoms with Crippen molar-refractivity contribution in [2.45, 2.75) is 57.8 Å². The number of amides is 1. The number of anilines is 2. The van der Waals surface area contributed by atoms with Gasteiger partial charge in [-0.05, 0) is 63.9 Å². The van der Waals surface area contributed by atoms with Gasteiger partial charge in [0.1, 0.15) is 17.2 Å². The highest BCUT2D eigenvalue weighted by Gasteiger charge is 2.47. The monoisotopic (exact) mass is 522 g/mol. The van der Waals surface area contributed by atoms with Crippen molar-refractivity contribution in [2.24, 2.45) is 0 Å². The second-order valence-corrected chi connectivity index (χ2v) is 11.4. The number of para-hydroxylation sites is 1. The molecular formula is C31H34N6O2. The first-order chi connectivity index (χ1) is 18.7. The molecule has 0 unspecified atom stereocenters. The van der Waals surface area contributed by atoms with E-state index in [9.17, 15) is 4.79 Å². The summed E-state index contributed by atoms with van der Waals surface area (Å²) in [6, 6.07) is 22.8. The van der Waals surface area contributed by atoms with Gasteiger partial charge in [0, 0.05) is 36.3 Å². The number of hydrogen-bond acceptors (Lipinski definition) is 7. The number of pyridine rings is 1. The fourth-order valence-corrected chi connectivity index (χ4v) is 5.57. The number of fused-ring (bicyclic) bond motifs is 3. The molecule has 2 aromatic carbocycles. The number of aromatic nitrogens is 3. The Hall–Kier alpha value is -4.20. The molecule has 8 heteroatoms. The molecule has 4 aromatic rings. The van der Waals surface area contributed by atoms with Crippen molar-refractivity contribution in [1.29, 1.82) is 0 Å². The van der Waals surface area contributed by atoms with Gasteiger partial charge in [-0.2, -0.15) is 0 Å². The molecule has 2 bridgehead atoms. The maximum Gasteiger partial charge on any atom is 0.410 e. The Kier molecular flexibility index (Phi) is 6.33. The number of carbonyl (C=O) groups is 1. The third kappa shape index (κ3) is 5.11. The zero-order chi connectivity index (χ0) is 27.1. The smallest absolute Gasteiger partial charge is 0.410 e. The quantitative estimate of drug-likeness (QED) is 0.341. The van der Waals surface area contributed by atoms with Gasteiger partial charge in [-0.15, -0.1) is 0 Å². The highest BCUT2D eigenvalue weighted by molar-refractivity contribution is 5.91. The van der Waals surface area contributed by atoms with Gasteiger partial charge in [-0.3, -0.25) is 0 Å². The molecule has 39 heavy (non-hydrogen) atoms. The normalized spacial score (nSPS) is 19.4. The minimum absolute atomic E-state index is 0.107. The van der Waals surface area contributed by atoms with Crippen molar-refractivity contribution in [2.75, 3.05) is 23.3 Å². The van der Waals surface area contributed by atoms with Crippen molar-refractivity contribution < 1.29 is 9.53 Å². The molecule has 2 aliphatic rings. The Bertz CT molecular complexity index is 1500. The number of benzene rings is 2. The molecule has 6 rings (SSSR count). The predicted octanol–water partition coefficient (Wildman–Crippen LogP) is 6.06. The van der Waals surface area contributed by atoms with E-state index >= 15 is 0 Å². The van der Waals surface area contributed by atoms with Crippen LogP contribution in [0.2, 0.25) is 0 Å². The topological polar surface area (TPSA) is 83.5 Å². The van der Waals surface area contributed by atoms with Crippen LogP contribution in [0.1, 0.15) is 45.7 Å². The number of likely N-dealkylation sites (tertiary alicyclic amines) is 1. The van der Waals surface area contributed by atoms with Crippen LogP contribution in [-0.4, -0.2) is 56.7 Å². The largest absolute Gasteiger partial charge is 0.444 e. The number of nitrogens with zero attached hydrogens (tertiary/aromatic N) is 5. The second kappa shape index (κ2) is 9.84. The Morgan fingerprint density at radius 1 is 1.00 bits per heavy atom. The number of piperazine rings is 1. The molecule has 0 radical (unpaired) electrons. The lowest BCUT2D eigenvalue weighted by Crippen LogP contribution is -2.50. The molecule has 2 aliphatic heterocycles. The zero-order valence-electron chi connectivity index (χ0n) is 22.8. The average Bonchev–Trinajstić information content (AvgIpc) is 3.54. The van der Waals surface area contributed by atoms with E-state index < -0.39 is 5.60 Å². The standard InChI is InChI=1S/C31H34N6O2/c1-20(21-10-6-5-7-11-21)33-27-16-22(14-15-32-27)28-34-26-13-9-8-12-25(26)29(35-28)36-18-24-17-23(36)19-37(24)30(38)39-31(2,3)4/h5-16,20,23-24H,17-19H2,1-4H3,(H,32,33)/t20-,23-,24-/m0/s1. The van der Waals surface area contributed by atoms with Crippen molar-refractivity contribution in [1.82, 2.24) is 19.9 Å². The number of nitrogens with one attached hydrogen (secondary N) is 1. The van der Waals surface area contributed by atoms with Crippen LogP contribution in [0.25, 0.3) is 22.3 Å². The summed E-state index contributed by atoms with van der Waals surface area (Å²) in [4.78, 5) is 31.6. The molecule has 3 atom stereocenters. The lowest BCUT2D eigenvalue weighted by atomic mass is 10.1. The van der Waals surface area contributed by atoms with E-state index in [2.05, 4.69) is 40.3 Å². The molecule has 2 aromatic heterocycles. The Balaban J connectivity index is 1.28. The minimum atomic E-state index is -0.506. The minimum Gasteiger partial charge on any atom is -0.444 e. The van der Waals surface area contributed by atoms with E-state index in [1.165, 1.54) is 5.56 Å². The Labute approximate surface area is 229 Å². The molecule has 200 valence electrons. The molecule has 1 amide bonds. The maximum atomic E-state index is 12.8. The van der Waals surface area contributed by atoms with Crippen LogP contribution < -0.4 is 10.2 Å². The highest BCUT2D eigenvalue weighted by Crippen LogP contribution is 2.38. The first-order valence-corrected chi connectivity index (χ1v) is 13.6. The lowest BCUT2D eigenvalue weighted by Gasteiger charge is -2.36. The summed E-state index contributed by atoms with van der Waals surface area (Å²) in [7, 11) is 0. The van der Waals surface area contributed by atoms with Gasteiger partial charge in [0.05, 0.1) is 17.6 Å². The van der Waals surface area contributed by atoms with Gasteiger partial charge >= 0.3 is 6.09 Å². The van der Waals surface area contributed by atoms with Crippen molar-refractivity contribution in [3.8, 4) is 11.4 Å². The van der Waals surface area contributed by atoms with Crippen LogP contribution in [0.3, 0.4) is 0 Å². The van der Waals surface area contributed by atoms with Crippen LogP contribution in [0.4, 0.5) is 16.4 Å². The number of hydrogen-bond donors (Lipinski definition) is 1. The average molecular weight is 523 g/mol. The van der Waals surface area contributed by atoms with Crippen LogP contribution in [-0.2, 0) is 4.74 Å². The molecule has 0 aliphatic carbocycles. The summed E-state index contributed by atoms with van der Waals surface area (Å²) in [6.45, 7) is 9.20. The van der Waals surface area contributed by atoms with Gasteiger partial charge < -0.3 is 19.9 Å². The van der Waals surface area contributed by atoms with Crippen LogP contribution in [0.15, 0.2) is 72.9 Å². The van der Waals surface area contributed by atoms with Gasteiger partial charge in [0.15, 0.2) is 5.82 Å². The highest BCUT2D eigenvalue weighted by atomic mass is 16.6. The van der Waals surface area contributed by atoms with Gasteiger partial charge in [0.2, 0.25) is 0 Å². The first-order valence-electron chi connectivity index (χ1n) is 13.6.